The highest BCUT2D eigenvalue weighted by Crippen LogP contribution is 2.25. The molecule has 0 aliphatic carbocycles. The summed E-state index contributed by atoms with van der Waals surface area (Å²) in [6.45, 7) is 5.84. The molecule has 0 saturated heterocycles. The van der Waals surface area contributed by atoms with Gasteiger partial charge in [-0.05, 0) is 26.8 Å². The largest absolute Gasteiger partial charge is 0.343 e. The van der Waals surface area contributed by atoms with E-state index < -0.39 is 0 Å². The lowest BCUT2D eigenvalue weighted by Gasteiger charge is -2.23. The van der Waals surface area contributed by atoms with Crippen molar-refractivity contribution >= 4 is 17.3 Å². The Morgan fingerprint density at radius 1 is 1.39 bits per heavy atom. The van der Waals surface area contributed by atoms with Crippen LogP contribution in [0.25, 0.3) is 0 Å². The van der Waals surface area contributed by atoms with E-state index in [1.165, 1.54) is 0 Å². The Labute approximate surface area is 110 Å². The van der Waals surface area contributed by atoms with Gasteiger partial charge in [0.1, 0.15) is 16.8 Å². The number of hydrogen-bond acceptors (Lipinski definition) is 6. The van der Waals surface area contributed by atoms with Gasteiger partial charge in [-0.1, -0.05) is 0 Å². The van der Waals surface area contributed by atoms with Gasteiger partial charge in [-0.2, -0.15) is 5.26 Å². The lowest BCUT2D eigenvalue weighted by Crippen LogP contribution is -2.29. The average molecular weight is 259 g/mol. The van der Waals surface area contributed by atoms with E-state index in [0.29, 0.717) is 11.6 Å². The van der Waals surface area contributed by atoms with Crippen LogP contribution in [-0.4, -0.2) is 15.0 Å². The molecule has 0 bridgehead atoms. The summed E-state index contributed by atoms with van der Waals surface area (Å²) in [5, 5.41) is 15.0. The summed E-state index contributed by atoms with van der Waals surface area (Å²) in [5.74, 6) is 0.451. The van der Waals surface area contributed by atoms with Crippen LogP contribution >= 0.6 is 11.3 Å². The molecule has 5 nitrogen and oxygen atoms in total. The van der Waals surface area contributed by atoms with Gasteiger partial charge in [0.15, 0.2) is 0 Å². The van der Waals surface area contributed by atoms with Gasteiger partial charge in [0.2, 0.25) is 5.95 Å². The Balaban J connectivity index is 2.29. The van der Waals surface area contributed by atoms with Crippen LogP contribution < -0.4 is 5.32 Å². The minimum Gasteiger partial charge on any atom is -0.343 e. The Morgan fingerprint density at radius 2 is 2.17 bits per heavy atom. The summed E-state index contributed by atoms with van der Waals surface area (Å²) in [4.78, 5) is 12.7. The van der Waals surface area contributed by atoms with Crippen LogP contribution in [-0.2, 0) is 5.54 Å². The highest BCUT2D eigenvalue weighted by molar-refractivity contribution is 7.09. The number of aryl methyl sites for hydroxylation is 1. The topological polar surface area (TPSA) is 74.5 Å². The molecule has 18 heavy (non-hydrogen) atoms. The van der Waals surface area contributed by atoms with Crippen molar-refractivity contribution in [1.29, 1.82) is 5.26 Å². The zero-order chi connectivity index (χ0) is 13.2. The van der Waals surface area contributed by atoms with Crippen molar-refractivity contribution < 1.29 is 0 Å². The first-order valence-corrected chi connectivity index (χ1v) is 6.33. The van der Waals surface area contributed by atoms with Crippen LogP contribution in [0.1, 0.15) is 30.2 Å². The predicted molar refractivity (Wildman–Crippen MR) is 70.2 cm³/mol. The SMILES string of the molecule is Cc1cc(C#N)nc(NC(C)(C)c2nccs2)n1. The van der Waals surface area contributed by atoms with Gasteiger partial charge in [0, 0.05) is 17.3 Å². The lowest BCUT2D eigenvalue weighted by atomic mass is 10.1. The van der Waals surface area contributed by atoms with Crippen molar-refractivity contribution in [3.8, 4) is 6.07 Å². The summed E-state index contributed by atoms with van der Waals surface area (Å²) in [5.41, 5.74) is 0.758. The van der Waals surface area contributed by atoms with E-state index in [2.05, 4.69) is 20.3 Å². The molecule has 0 saturated carbocycles. The highest BCUT2D eigenvalue weighted by atomic mass is 32.1. The summed E-state index contributed by atoms with van der Waals surface area (Å²) in [6.07, 6.45) is 1.77. The van der Waals surface area contributed by atoms with Crippen LogP contribution in [0.15, 0.2) is 17.6 Å². The summed E-state index contributed by atoms with van der Waals surface area (Å²) >= 11 is 1.57. The molecule has 0 atom stereocenters. The van der Waals surface area contributed by atoms with E-state index >= 15 is 0 Å². The van der Waals surface area contributed by atoms with Gasteiger partial charge in [0.05, 0.1) is 5.54 Å². The zero-order valence-corrected chi connectivity index (χ0v) is 11.2. The molecule has 1 N–H and O–H groups in total. The van der Waals surface area contributed by atoms with Crippen molar-refractivity contribution in [3.05, 3.63) is 34.0 Å². The van der Waals surface area contributed by atoms with Crippen molar-refractivity contribution in [1.82, 2.24) is 15.0 Å². The molecule has 92 valence electrons. The molecule has 0 aliphatic heterocycles. The number of thiazole rings is 1. The zero-order valence-electron chi connectivity index (χ0n) is 10.4. The number of nitrogens with zero attached hydrogens (tertiary/aromatic N) is 4. The molecule has 2 rings (SSSR count). The standard InChI is InChI=1S/C12H13N5S/c1-8-6-9(7-13)16-11(15-8)17-12(2,3)10-14-4-5-18-10/h4-6H,1-3H3,(H,15,16,17). The molecule has 2 heterocycles. The number of nitriles is 1. The van der Waals surface area contributed by atoms with Crippen molar-refractivity contribution in [2.75, 3.05) is 5.32 Å². The van der Waals surface area contributed by atoms with Gasteiger partial charge in [-0.15, -0.1) is 11.3 Å². The fourth-order valence-electron chi connectivity index (χ4n) is 1.55. The molecule has 0 radical (unpaired) electrons. The monoisotopic (exact) mass is 259 g/mol. The Hall–Kier alpha value is -2.00. The van der Waals surface area contributed by atoms with E-state index in [-0.39, 0.29) is 5.54 Å². The van der Waals surface area contributed by atoms with Crippen molar-refractivity contribution in [2.45, 2.75) is 26.3 Å². The molecule has 0 aromatic carbocycles. The summed E-state index contributed by atoms with van der Waals surface area (Å²) < 4.78 is 0. The van der Waals surface area contributed by atoms with Gasteiger partial charge < -0.3 is 5.32 Å². The number of anilines is 1. The second-order valence-corrected chi connectivity index (χ2v) is 5.31. The third-order valence-electron chi connectivity index (χ3n) is 2.36. The Bertz CT molecular complexity index is 583. The molecular weight excluding hydrogens is 246 g/mol. The van der Waals surface area contributed by atoms with Crippen LogP contribution in [0.5, 0.6) is 0 Å². The van der Waals surface area contributed by atoms with Gasteiger partial charge in [-0.3, -0.25) is 0 Å². The van der Waals surface area contributed by atoms with Gasteiger partial charge in [-0.25, -0.2) is 15.0 Å². The number of aromatic nitrogens is 3. The second kappa shape index (κ2) is 4.70. The molecule has 0 spiro atoms. The molecule has 0 unspecified atom stereocenters. The molecule has 0 aliphatic rings. The van der Waals surface area contributed by atoms with Crippen molar-refractivity contribution in [2.24, 2.45) is 0 Å². The maximum atomic E-state index is 8.89. The molecule has 6 heteroatoms. The van der Waals surface area contributed by atoms with E-state index in [4.69, 9.17) is 5.26 Å². The Morgan fingerprint density at radius 3 is 2.78 bits per heavy atom. The fourth-order valence-corrected chi connectivity index (χ4v) is 2.26. The first-order chi connectivity index (χ1) is 8.51. The third kappa shape index (κ3) is 2.63. The number of hydrogen-bond donors (Lipinski definition) is 1. The van der Waals surface area contributed by atoms with Crippen LogP contribution in [0.4, 0.5) is 5.95 Å². The van der Waals surface area contributed by atoms with Crippen LogP contribution in [0.2, 0.25) is 0 Å². The predicted octanol–water partition coefficient (Wildman–Crippen LogP) is 2.46. The molecule has 0 amide bonds. The minimum absolute atomic E-state index is 0.361. The van der Waals surface area contributed by atoms with E-state index in [1.807, 2.05) is 32.2 Å². The lowest BCUT2D eigenvalue weighted by molar-refractivity contribution is 0.596. The van der Waals surface area contributed by atoms with E-state index in [9.17, 15) is 0 Å². The van der Waals surface area contributed by atoms with Gasteiger partial charge >= 0.3 is 0 Å². The van der Waals surface area contributed by atoms with Crippen LogP contribution in [0, 0.1) is 18.3 Å². The molecule has 2 aromatic heterocycles. The quantitative estimate of drug-likeness (QED) is 0.916. The first-order valence-electron chi connectivity index (χ1n) is 5.45. The maximum Gasteiger partial charge on any atom is 0.224 e. The fraction of sp³-hybridized carbons (Fsp3) is 0.333. The van der Waals surface area contributed by atoms with E-state index in [1.54, 1.807) is 23.6 Å². The van der Waals surface area contributed by atoms with Crippen molar-refractivity contribution in [3.63, 3.8) is 0 Å². The van der Waals surface area contributed by atoms with E-state index in [0.717, 1.165) is 10.7 Å². The minimum atomic E-state index is -0.366. The molecule has 2 aromatic rings. The maximum absolute atomic E-state index is 8.89. The number of rotatable bonds is 3. The normalized spacial score (nSPS) is 11.0. The highest BCUT2D eigenvalue weighted by Gasteiger charge is 2.24. The first kappa shape index (κ1) is 12.5. The third-order valence-corrected chi connectivity index (χ3v) is 3.46. The second-order valence-electron chi connectivity index (χ2n) is 4.42. The molecule has 0 fully saturated rings. The Kier molecular flexibility index (Phi) is 3.26. The smallest absolute Gasteiger partial charge is 0.224 e. The summed E-state index contributed by atoms with van der Waals surface area (Å²) in [7, 11) is 0. The number of nitrogens with one attached hydrogen (secondary N) is 1. The molecular formula is C12H13N5S. The summed E-state index contributed by atoms with van der Waals surface area (Å²) in [6, 6.07) is 3.68. The van der Waals surface area contributed by atoms with Crippen LogP contribution in [0.3, 0.4) is 0 Å². The van der Waals surface area contributed by atoms with Gasteiger partial charge in [0.25, 0.3) is 0 Å². The average Bonchev–Trinajstić information content (AvgIpc) is 2.81.